The van der Waals surface area contributed by atoms with Gasteiger partial charge in [-0.1, -0.05) is 70.2 Å². The molecule has 1 N–H and O–H groups in total. The lowest BCUT2D eigenvalue weighted by Crippen LogP contribution is -2.33. The van der Waals surface area contributed by atoms with Crippen molar-refractivity contribution in [3.05, 3.63) is 82.9 Å². The number of ether oxygens (including phenoxy) is 1. The monoisotopic (exact) mass is 514 g/mol. The Balaban J connectivity index is 1.77. The van der Waals surface area contributed by atoms with Crippen molar-refractivity contribution in [1.29, 1.82) is 0 Å². The van der Waals surface area contributed by atoms with Gasteiger partial charge in [0.2, 0.25) is 0 Å². The van der Waals surface area contributed by atoms with Gasteiger partial charge in [-0.15, -0.1) is 0 Å². The molecular formula is C32H38N2O4. The summed E-state index contributed by atoms with van der Waals surface area (Å²) in [5.74, 6) is -0.242. The molecule has 0 aliphatic carbocycles. The molecule has 38 heavy (non-hydrogen) atoms. The largest absolute Gasteiger partial charge is 0.507 e. The molecule has 1 aliphatic rings. The number of fused-ring (bicyclic) bond motifs is 1. The third-order valence-electron chi connectivity index (χ3n) is 7.55. The van der Waals surface area contributed by atoms with Gasteiger partial charge < -0.3 is 19.6 Å². The molecule has 4 rings (SSSR count). The maximum Gasteiger partial charge on any atom is 0.295 e. The Labute approximate surface area is 225 Å². The molecule has 1 unspecified atom stereocenters. The molecule has 0 bridgehead atoms. The summed E-state index contributed by atoms with van der Waals surface area (Å²) in [5.41, 5.74) is 2.65. The van der Waals surface area contributed by atoms with Gasteiger partial charge in [0.1, 0.15) is 11.5 Å². The maximum absolute atomic E-state index is 13.4. The molecule has 1 heterocycles. The SMILES string of the molecule is CCN(CC)CCCN1C(=O)C(=O)/C(=C(/O)c2ccc3cc(OC)ccc3c2)C1c1ccc(C(C)C)cc1. The molecule has 1 amide bonds. The van der Waals surface area contributed by atoms with Crippen molar-refractivity contribution in [1.82, 2.24) is 9.80 Å². The van der Waals surface area contributed by atoms with Crippen molar-refractivity contribution in [2.24, 2.45) is 0 Å². The van der Waals surface area contributed by atoms with Crippen LogP contribution in [0.2, 0.25) is 0 Å². The first-order valence-electron chi connectivity index (χ1n) is 13.5. The van der Waals surface area contributed by atoms with Crippen molar-refractivity contribution in [3.8, 4) is 5.75 Å². The number of carbonyl (C=O) groups is 2. The molecule has 0 saturated carbocycles. The second kappa shape index (κ2) is 11.8. The van der Waals surface area contributed by atoms with Gasteiger partial charge in [-0.25, -0.2) is 0 Å². The number of benzene rings is 3. The highest BCUT2D eigenvalue weighted by Crippen LogP contribution is 2.40. The quantitative estimate of drug-likeness (QED) is 0.200. The van der Waals surface area contributed by atoms with Crippen LogP contribution in [0.25, 0.3) is 16.5 Å². The summed E-state index contributed by atoms with van der Waals surface area (Å²) in [6.45, 7) is 11.6. The van der Waals surface area contributed by atoms with Crippen LogP contribution in [0.5, 0.6) is 5.75 Å². The van der Waals surface area contributed by atoms with Crippen LogP contribution in [-0.4, -0.2) is 59.9 Å². The van der Waals surface area contributed by atoms with Crippen LogP contribution >= 0.6 is 0 Å². The van der Waals surface area contributed by atoms with Gasteiger partial charge in [-0.2, -0.15) is 0 Å². The Morgan fingerprint density at radius 2 is 1.63 bits per heavy atom. The molecule has 1 fully saturated rings. The highest BCUT2D eigenvalue weighted by molar-refractivity contribution is 6.46. The molecule has 6 heteroatoms. The van der Waals surface area contributed by atoms with Gasteiger partial charge in [-0.3, -0.25) is 9.59 Å². The second-order valence-corrected chi connectivity index (χ2v) is 10.1. The van der Waals surface area contributed by atoms with E-state index in [0.717, 1.165) is 48.1 Å². The van der Waals surface area contributed by atoms with Gasteiger partial charge >= 0.3 is 0 Å². The van der Waals surface area contributed by atoms with Crippen LogP contribution in [0.15, 0.2) is 66.2 Å². The Morgan fingerprint density at radius 3 is 2.26 bits per heavy atom. The Morgan fingerprint density at radius 1 is 0.974 bits per heavy atom. The zero-order valence-electron chi connectivity index (χ0n) is 23.0. The smallest absolute Gasteiger partial charge is 0.295 e. The standard InChI is InChI=1S/C32H38N2O4/c1-6-33(7-2)17-8-18-34-29(23-11-9-22(10-12-23)21(3)4)28(31(36)32(34)37)30(35)26-14-13-25-20-27(38-5)16-15-24(25)19-26/h9-16,19-21,29,35H,6-8,17-18H2,1-5H3/b30-28+. The minimum atomic E-state index is -0.641. The summed E-state index contributed by atoms with van der Waals surface area (Å²) in [6.07, 6.45) is 0.743. The summed E-state index contributed by atoms with van der Waals surface area (Å²) >= 11 is 0. The highest BCUT2D eigenvalue weighted by Gasteiger charge is 2.45. The fraction of sp³-hybridized carbons (Fsp3) is 0.375. The summed E-state index contributed by atoms with van der Waals surface area (Å²) < 4.78 is 5.32. The topological polar surface area (TPSA) is 70.1 Å². The van der Waals surface area contributed by atoms with Gasteiger partial charge in [-0.05, 0) is 72.1 Å². The maximum atomic E-state index is 13.4. The molecule has 6 nitrogen and oxygen atoms in total. The summed E-state index contributed by atoms with van der Waals surface area (Å²) in [4.78, 5) is 30.7. The van der Waals surface area contributed by atoms with Crippen LogP contribution in [0.4, 0.5) is 0 Å². The molecule has 200 valence electrons. The fourth-order valence-electron chi connectivity index (χ4n) is 5.18. The summed E-state index contributed by atoms with van der Waals surface area (Å²) in [6, 6.07) is 18.6. The average molecular weight is 515 g/mol. The number of hydrogen-bond donors (Lipinski definition) is 1. The number of rotatable bonds is 10. The first-order valence-corrected chi connectivity index (χ1v) is 13.5. The number of hydrogen-bond acceptors (Lipinski definition) is 5. The molecule has 1 saturated heterocycles. The van der Waals surface area contributed by atoms with E-state index in [9.17, 15) is 14.7 Å². The number of likely N-dealkylation sites (tertiary alicyclic amines) is 1. The minimum Gasteiger partial charge on any atom is -0.507 e. The first kappa shape index (κ1) is 27.4. The number of ketones is 1. The molecule has 3 aromatic carbocycles. The van der Waals surface area contributed by atoms with Crippen molar-refractivity contribution in [2.45, 2.75) is 46.1 Å². The van der Waals surface area contributed by atoms with Crippen LogP contribution in [0.1, 0.15) is 62.8 Å². The normalized spacial score (nSPS) is 17.2. The van der Waals surface area contributed by atoms with E-state index < -0.39 is 17.7 Å². The van der Waals surface area contributed by atoms with Crippen LogP contribution in [-0.2, 0) is 9.59 Å². The molecular weight excluding hydrogens is 476 g/mol. The van der Waals surface area contributed by atoms with E-state index in [2.05, 4.69) is 32.6 Å². The zero-order chi connectivity index (χ0) is 27.4. The average Bonchev–Trinajstić information content (AvgIpc) is 3.19. The number of amides is 1. The highest BCUT2D eigenvalue weighted by atomic mass is 16.5. The van der Waals surface area contributed by atoms with E-state index in [1.165, 1.54) is 5.56 Å². The predicted molar refractivity (Wildman–Crippen MR) is 152 cm³/mol. The van der Waals surface area contributed by atoms with Crippen LogP contribution in [0, 0.1) is 0 Å². The van der Waals surface area contributed by atoms with Crippen molar-refractivity contribution in [3.63, 3.8) is 0 Å². The lowest BCUT2D eigenvalue weighted by atomic mass is 9.92. The van der Waals surface area contributed by atoms with E-state index in [1.54, 1.807) is 18.1 Å². The number of aliphatic hydroxyl groups is 1. The molecule has 3 aromatic rings. The zero-order valence-corrected chi connectivity index (χ0v) is 23.0. The first-order chi connectivity index (χ1) is 18.3. The van der Waals surface area contributed by atoms with E-state index in [0.29, 0.717) is 18.0 Å². The summed E-state index contributed by atoms with van der Waals surface area (Å²) in [7, 11) is 1.62. The molecule has 0 spiro atoms. The molecule has 1 aliphatic heterocycles. The lowest BCUT2D eigenvalue weighted by Gasteiger charge is -2.27. The van der Waals surface area contributed by atoms with Crippen molar-refractivity contribution in [2.75, 3.05) is 33.3 Å². The number of aliphatic hydroxyl groups excluding tert-OH is 1. The predicted octanol–water partition coefficient (Wildman–Crippen LogP) is 6.13. The van der Waals surface area contributed by atoms with Crippen molar-refractivity contribution < 1.29 is 19.4 Å². The Kier molecular flexibility index (Phi) is 8.52. The van der Waals surface area contributed by atoms with Crippen LogP contribution < -0.4 is 4.74 Å². The number of carbonyl (C=O) groups excluding carboxylic acids is 2. The van der Waals surface area contributed by atoms with Gasteiger partial charge in [0, 0.05) is 12.1 Å². The lowest BCUT2D eigenvalue weighted by molar-refractivity contribution is -0.140. The minimum absolute atomic E-state index is 0.142. The van der Waals surface area contributed by atoms with Gasteiger partial charge in [0.15, 0.2) is 0 Å². The van der Waals surface area contributed by atoms with E-state index in [1.807, 2.05) is 54.6 Å². The molecule has 0 radical (unpaired) electrons. The molecule has 0 aromatic heterocycles. The number of nitrogens with zero attached hydrogens (tertiary/aromatic N) is 2. The van der Waals surface area contributed by atoms with Crippen LogP contribution in [0.3, 0.4) is 0 Å². The van der Waals surface area contributed by atoms with Gasteiger partial charge in [0.25, 0.3) is 11.7 Å². The third-order valence-corrected chi connectivity index (χ3v) is 7.55. The Bertz CT molecular complexity index is 1340. The van der Waals surface area contributed by atoms with E-state index in [-0.39, 0.29) is 11.3 Å². The Hall–Kier alpha value is -3.64. The molecule has 1 atom stereocenters. The second-order valence-electron chi connectivity index (χ2n) is 10.1. The summed E-state index contributed by atoms with van der Waals surface area (Å²) in [5, 5.41) is 13.4. The number of Topliss-reactive ketones (excluding diaryl/α,β-unsaturated/α-hetero) is 1. The van der Waals surface area contributed by atoms with E-state index >= 15 is 0 Å². The van der Waals surface area contributed by atoms with Gasteiger partial charge in [0.05, 0.1) is 18.7 Å². The van der Waals surface area contributed by atoms with E-state index in [4.69, 9.17) is 4.74 Å². The third kappa shape index (κ3) is 5.46. The fourth-order valence-corrected chi connectivity index (χ4v) is 5.18. The van der Waals surface area contributed by atoms with Crippen molar-refractivity contribution >= 4 is 28.2 Å². The number of methoxy groups -OCH3 is 1.